The lowest BCUT2D eigenvalue weighted by atomic mass is 10.2. The van der Waals surface area contributed by atoms with Crippen molar-refractivity contribution in [1.82, 2.24) is 4.98 Å². The lowest BCUT2D eigenvalue weighted by Crippen LogP contribution is -2.11. The number of amides is 1. The van der Waals surface area contributed by atoms with Gasteiger partial charge < -0.3 is 10.1 Å². The number of ether oxygens (including phenoxy) is 1. The molecule has 0 radical (unpaired) electrons. The molecule has 2 rings (SSSR count). The maximum atomic E-state index is 12.8. The Morgan fingerprint density at radius 3 is 2.48 bits per heavy atom. The first-order valence-electron chi connectivity index (χ1n) is 6.24. The molecule has 2 N–H and O–H groups in total. The molecule has 1 amide bonds. The third kappa shape index (κ3) is 4.49. The third-order valence-corrected chi connectivity index (χ3v) is 3.07. The van der Waals surface area contributed by atoms with Crippen molar-refractivity contribution in [2.24, 2.45) is 0 Å². The van der Waals surface area contributed by atoms with Crippen molar-refractivity contribution in [1.29, 1.82) is 0 Å². The van der Waals surface area contributed by atoms with Gasteiger partial charge in [-0.25, -0.2) is 9.78 Å². The Morgan fingerprint density at radius 2 is 1.91 bits per heavy atom. The monoisotopic (exact) mass is 345 g/mol. The first-order chi connectivity index (χ1) is 10.8. The van der Waals surface area contributed by atoms with Crippen molar-refractivity contribution in [3.8, 4) is 0 Å². The van der Waals surface area contributed by atoms with Crippen LogP contribution in [0, 0.1) is 0 Å². The third-order valence-electron chi connectivity index (χ3n) is 2.74. The van der Waals surface area contributed by atoms with E-state index in [0.717, 1.165) is 12.1 Å². The minimum atomic E-state index is -4.55. The number of halogens is 4. The molecule has 0 saturated heterocycles. The highest BCUT2D eigenvalue weighted by Gasteiger charge is 2.33. The van der Waals surface area contributed by atoms with E-state index < -0.39 is 17.8 Å². The van der Waals surface area contributed by atoms with Gasteiger partial charge in [0.2, 0.25) is 0 Å². The van der Waals surface area contributed by atoms with Crippen LogP contribution in [-0.4, -0.2) is 18.2 Å². The van der Waals surface area contributed by atoms with Gasteiger partial charge in [-0.15, -0.1) is 0 Å². The zero-order valence-electron chi connectivity index (χ0n) is 11.7. The number of nitrogens with zero attached hydrogens (tertiary/aromatic N) is 1. The molecule has 0 saturated carbocycles. The number of carbonyl (C=O) groups is 1. The standard InChI is InChI=1S/C14H11ClF3N3O2/c1-23-13(22)21-9-3-5-12(19-7-9)20-8-2-4-11(15)10(6-8)14(16,17)18/h2-7H,1H3,(H,19,20)(H,21,22). The van der Waals surface area contributed by atoms with Crippen LogP contribution < -0.4 is 10.6 Å². The van der Waals surface area contributed by atoms with E-state index in [2.05, 4.69) is 20.4 Å². The van der Waals surface area contributed by atoms with E-state index in [4.69, 9.17) is 11.6 Å². The molecular weight excluding hydrogens is 335 g/mol. The number of hydrogen-bond acceptors (Lipinski definition) is 4. The Balaban J connectivity index is 2.15. The summed E-state index contributed by atoms with van der Waals surface area (Å²) in [5.74, 6) is 0.302. The topological polar surface area (TPSA) is 63.2 Å². The SMILES string of the molecule is COC(=O)Nc1ccc(Nc2ccc(Cl)c(C(F)(F)F)c2)nc1. The van der Waals surface area contributed by atoms with Gasteiger partial charge in [0.15, 0.2) is 0 Å². The molecule has 0 atom stereocenters. The minimum Gasteiger partial charge on any atom is -0.453 e. The average Bonchev–Trinajstić information content (AvgIpc) is 2.50. The Hall–Kier alpha value is -2.48. The summed E-state index contributed by atoms with van der Waals surface area (Å²) in [4.78, 5) is 15.0. The molecule has 0 aliphatic carbocycles. The number of benzene rings is 1. The van der Waals surface area contributed by atoms with Crippen molar-refractivity contribution in [2.45, 2.75) is 6.18 Å². The summed E-state index contributed by atoms with van der Waals surface area (Å²) in [6.45, 7) is 0. The van der Waals surface area contributed by atoms with E-state index in [9.17, 15) is 18.0 Å². The summed E-state index contributed by atoms with van der Waals surface area (Å²) in [5, 5.41) is 4.75. The summed E-state index contributed by atoms with van der Waals surface area (Å²) in [6, 6.07) is 6.46. The van der Waals surface area contributed by atoms with Crippen LogP contribution in [-0.2, 0) is 10.9 Å². The van der Waals surface area contributed by atoms with Gasteiger partial charge in [0, 0.05) is 5.69 Å². The van der Waals surface area contributed by atoms with Gasteiger partial charge in [0.25, 0.3) is 0 Å². The summed E-state index contributed by atoms with van der Waals surface area (Å²) in [6.07, 6.45) is -3.86. The predicted molar refractivity (Wildman–Crippen MR) is 80.0 cm³/mol. The maximum Gasteiger partial charge on any atom is 0.417 e. The molecule has 0 fully saturated rings. The number of hydrogen-bond donors (Lipinski definition) is 2. The molecule has 1 heterocycles. The Kier molecular flexibility index (Phi) is 4.95. The number of rotatable bonds is 3. The molecule has 9 heteroatoms. The maximum absolute atomic E-state index is 12.8. The van der Waals surface area contributed by atoms with Crippen LogP contribution >= 0.6 is 11.6 Å². The molecule has 0 unspecified atom stereocenters. The molecule has 5 nitrogen and oxygen atoms in total. The van der Waals surface area contributed by atoms with Crippen LogP contribution in [0.1, 0.15) is 5.56 Å². The fourth-order valence-electron chi connectivity index (χ4n) is 1.68. The quantitative estimate of drug-likeness (QED) is 0.848. The number of methoxy groups -OCH3 is 1. The normalized spacial score (nSPS) is 11.0. The highest BCUT2D eigenvalue weighted by Crippen LogP contribution is 2.36. The smallest absolute Gasteiger partial charge is 0.417 e. The van der Waals surface area contributed by atoms with Gasteiger partial charge in [-0.05, 0) is 30.3 Å². The van der Waals surface area contributed by atoms with Crippen molar-refractivity contribution >= 4 is 34.9 Å². The van der Waals surface area contributed by atoms with Crippen LogP contribution in [0.25, 0.3) is 0 Å². The Morgan fingerprint density at radius 1 is 1.22 bits per heavy atom. The zero-order valence-corrected chi connectivity index (χ0v) is 12.5. The molecule has 1 aromatic carbocycles. The van der Waals surface area contributed by atoms with Gasteiger partial charge in [-0.3, -0.25) is 5.32 Å². The number of carbonyl (C=O) groups excluding carboxylic acids is 1. The van der Waals surface area contributed by atoms with Crippen molar-refractivity contribution in [2.75, 3.05) is 17.7 Å². The van der Waals surface area contributed by atoms with E-state index in [1.54, 1.807) is 0 Å². The second-order valence-corrected chi connectivity index (χ2v) is 4.77. The highest BCUT2D eigenvalue weighted by molar-refractivity contribution is 6.31. The van der Waals surface area contributed by atoms with Crippen LogP contribution in [0.4, 0.5) is 35.2 Å². The minimum absolute atomic E-state index is 0.183. The first kappa shape index (κ1) is 16.9. The molecule has 0 aliphatic heterocycles. The molecular formula is C14H11ClF3N3O2. The summed E-state index contributed by atoms with van der Waals surface area (Å²) < 4.78 is 42.8. The highest BCUT2D eigenvalue weighted by atomic mass is 35.5. The molecule has 1 aromatic heterocycles. The lowest BCUT2D eigenvalue weighted by Gasteiger charge is -2.12. The summed E-state index contributed by atoms with van der Waals surface area (Å²) >= 11 is 5.55. The molecule has 23 heavy (non-hydrogen) atoms. The van der Waals surface area contributed by atoms with Gasteiger partial charge in [0.1, 0.15) is 5.82 Å². The van der Waals surface area contributed by atoms with E-state index >= 15 is 0 Å². The van der Waals surface area contributed by atoms with Gasteiger partial charge in [0.05, 0.1) is 29.6 Å². The van der Waals surface area contributed by atoms with Crippen LogP contribution in [0.5, 0.6) is 0 Å². The molecule has 0 aliphatic rings. The van der Waals surface area contributed by atoms with Gasteiger partial charge in [-0.1, -0.05) is 11.6 Å². The average molecular weight is 346 g/mol. The number of anilines is 3. The molecule has 0 bridgehead atoms. The first-order valence-corrected chi connectivity index (χ1v) is 6.62. The van der Waals surface area contributed by atoms with E-state index in [-0.39, 0.29) is 10.7 Å². The fraction of sp³-hybridized carbons (Fsp3) is 0.143. The van der Waals surface area contributed by atoms with Crippen molar-refractivity contribution in [3.05, 3.63) is 47.1 Å². The zero-order chi connectivity index (χ0) is 17.0. The van der Waals surface area contributed by atoms with Gasteiger partial charge in [-0.2, -0.15) is 13.2 Å². The van der Waals surface area contributed by atoms with Crippen LogP contribution in [0.3, 0.4) is 0 Å². The van der Waals surface area contributed by atoms with Crippen molar-refractivity contribution in [3.63, 3.8) is 0 Å². The summed E-state index contributed by atoms with van der Waals surface area (Å²) in [5.41, 5.74) is -0.370. The molecule has 0 spiro atoms. The second-order valence-electron chi connectivity index (χ2n) is 4.37. The van der Waals surface area contributed by atoms with Gasteiger partial charge >= 0.3 is 12.3 Å². The van der Waals surface area contributed by atoms with E-state index in [0.29, 0.717) is 11.5 Å². The molecule has 122 valence electrons. The van der Waals surface area contributed by atoms with Crippen LogP contribution in [0.15, 0.2) is 36.5 Å². The Labute approximate surface area is 134 Å². The van der Waals surface area contributed by atoms with Crippen molar-refractivity contribution < 1.29 is 22.7 Å². The van der Waals surface area contributed by atoms with E-state index in [1.807, 2.05) is 0 Å². The summed E-state index contributed by atoms with van der Waals surface area (Å²) in [7, 11) is 1.22. The van der Waals surface area contributed by atoms with E-state index in [1.165, 1.54) is 31.5 Å². The molecule has 2 aromatic rings. The predicted octanol–water partition coefficient (Wildman–Crippen LogP) is 4.68. The number of nitrogens with one attached hydrogen (secondary N) is 2. The Bertz CT molecular complexity index is 705. The number of aromatic nitrogens is 1. The number of pyridine rings is 1. The van der Waals surface area contributed by atoms with Crippen LogP contribution in [0.2, 0.25) is 5.02 Å². The lowest BCUT2D eigenvalue weighted by molar-refractivity contribution is -0.137. The number of alkyl halides is 3. The fourth-order valence-corrected chi connectivity index (χ4v) is 1.90. The second kappa shape index (κ2) is 6.74. The largest absolute Gasteiger partial charge is 0.453 e.